The molecule has 4 heteroatoms. The van der Waals surface area contributed by atoms with Gasteiger partial charge in [0.1, 0.15) is 0 Å². The Kier molecular flexibility index (Phi) is 9.31. The molecule has 0 heterocycles. The highest BCUT2D eigenvalue weighted by atomic mass is 35.5. The zero-order valence-corrected chi connectivity index (χ0v) is 13.7. The third-order valence-electron chi connectivity index (χ3n) is 3.44. The van der Waals surface area contributed by atoms with Crippen LogP contribution in [-0.4, -0.2) is 12.1 Å². The fraction of sp³-hybridized carbons (Fsp3) is 0.294. The molecule has 116 valence electrons. The minimum atomic E-state index is -0.266. The number of rotatable bonds is 6. The van der Waals surface area contributed by atoms with Gasteiger partial charge in [0.2, 0.25) is 0 Å². The Labute approximate surface area is 139 Å². The molecule has 0 bridgehead atoms. The van der Waals surface area contributed by atoms with E-state index in [2.05, 4.69) is 48.5 Å². The van der Waals surface area contributed by atoms with Crippen LogP contribution in [0.3, 0.4) is 0 Å². The zero-order chi connectivity index (χ0) is 13.6. The molecule has 2 aromatic carbocycles. The van der Waals surface area contributed by atoms with Gasteiger partial charge >= 0.3 is 0 Å². The topological polar surface area (TPSA) is 52.0 Å². The molecular formula is C17H24Cl2N2. The number of hydrogen-bond acceptors (Lipinski definition) is 2. The van der Waals surface area contributed by atoms with Gasteiger partial charge in [-0.05, 0) is 36.9 Å². The Balaban J connectivity index is 0.00000200. The lowest BCUT2D eigenvalue weighted by Crippen LogP contribution is -2.46. The van der Waals surface area contributed by atoms with Crippen LogP contribution >= 0.6 is 24.8 Å². The van der Waals surface area contributed by atoms with Crippen LogP contribution in [0.15, 0.2) is 60.7 Å². The predicted octanol–water partition coefficient (Wildman–Crippen LogP) is 3.36. The molecule has 0 saturated heterocycles. The summed E-state index contributed by atoms with van der Waals surface area (Å²) in [7, 11) is 0. The van der Waals surface area contributed by atoms with Crippen LogP contribution < -0.4 is 11.5 Å². The molecule has 4 N–H and O–H groups in total. The first kappa shape index (κ1) is 19.9. The van der Waals surface area contributed by atoms with E-state index in [0.717, 1.165) is 19.3 Å². The van der Waals surface area contributed by atoms with Crippen LogP contribution in [0.4, 0.5) is 0 Å². The minimum Gasteiger partial charge on any atom is -0.330 e. The predicted molar refractivity (Wildman–Crippen MR) is 95.4 cm³/mol. The van der Waals surface area contributed by atoms with Crippen LogP contribution in [0.1, 0.15) is 17.5 Å². The van der Waals surface area contributed by atoms with E-state index in [1.165, 1.54) is 11.1 Å². The van der Waals surface area contributed by atoms with Gasteiger partial charge in [-0.3, -0.25) is 0 Å². The molecule has 0 aliphatic heterocycles. The second-order valence-corrected chi connectivity index (χ2v) is 5.23. The van der Waals surface area contributed by atoms with E-state index >= 15 is 0 Å². The van der Waals surface area contributed by atoms with Gasteiger partial charge in [0.25, 0.3) is 0 Å². The minimum absolute atomic E-state index is 0. The summed E-state index contributed by atoms with van der Waals surface area (Å²) in [4.78, 5) is 0. The maximum atomic E-state index is 6.59. The second kappa shape index (κ2) is 9.80. The number of halogens is 2. The average Bonchev–Trinajstić information content (AvgIpc) is 2.41. The summed E-state index contributed by atoms with van der Waals surface area (Å²) < 4.78 is 0. The van der Waals surface area contributed by atoms with Crippen LogP contribution in [0.25, 0.3) is 0 Å². The molecule has 0 aliphatic rings. The standard InChI is InChI=1S/C17H22N2.2ClH/c18-12-11-17(19,13-15-7-3-1-4-8-15)14-16-9-5-2-6-10-16;;/h1-10H,11-14,18-19H2;2*1H. The molecule has 0 radical (unpaired) electrons. The van der Waals surface area contributed by atoms with Gasteiger partial charge in [-0.25, -0.2) is 0 Å². The summed E-state index contributed by atoms with van der Waals surface area (Å²) in [5.74, 6) is 0. The Morgan fingerprint density at radius 3 is 1.43 bits per heavy atom. The van der Waals surface area contributed by atoms with Crippen molar-refractivity contribution in [3.63, 3.8) is 0 Å². The van der Waals surface area contributed by atoms with Crippen molar-refractivity contribution >= 4 is 24.8 Å². The Morgan fingerprint density at radius 1 is 0.714 bits per heavy atom. The molecule has 0 unspecified atom stereocenters. The van der Waals surface area contributed by atoms with Gasteiger partial charge in [-0.15, -0.1) is 24.8 Å². The summed E-state index contributed by atoms with van der Waals surface area (Å²) >= 11 is 0. The third-order valence-corrected chi connectivity index (χ3v) is 3.44. The molecule has 21 heavy (non-hydrogen) atoms. The van der Waals surface area contributed by atoms with Crippen LogP contribution in [0.2, 0.25) is 0 Å². The van der Waals surface area contributed by atoms with E-state index < -0.39 is 0 Å². The summed E-state index contributed by atoms with van der Waals surface area (Å²) in [6.45, 7) is 0.621. The van der Waals surface area contributed by atoms with Crippen LogP contribution in [0.5, 0.6) is 0 Å². The number of nitrogens with two attached hydrogens (primary N) is 2. The van der Waals surface area contributed by atoms with E-state index in [1.807, 2.05) is 12.1 Å². The molecule has 0 atom stereocenters. The second-order valence-electron chi connectivity index (χ2n) is 5.23. The lowest BCUT2D eigenvalue weighted by molar-refractivity contribution is 0.393. The maximum absolute atomic E-state index is 6.59. The molecule has 2 rings (SSSR count). The van der Waals surface area contributed by atoms with Gasteiger partial charge in [-0.1, -0.05) is 60.7 Å². The Morgan fingerprint density at radius 2 is 1.10 bits per heavy atom. The largest absolute Gasteiger partial charge is 0.330 e. The molecule has 2 aromatic rings. The first-order chi connectivity index (χ1) is 9.22. The van der Waals surface area contributed by atoms with E-state index in [9.17, 15) is 0 Å². The summed E-state index contributed by atoms with van der Waals surface area (Å²) in [6, 6.07) is 20.8. The molecule has 0 amide bonds. The lowest BCUT2D eigenvalue weighted by Gasteiger charge is -2.29. The van der Waals surface area contributed by atoms with Crippen molar-refractivity contribution in [3.05, 3.63) is 71.8 Å². The van der Waals surface area contributed by atoms with Crippen LogP contribution in [-0.2, 0) is 12.8 Å². The Bertz CT molecular complexity index is 447. The highest BCUT2D eigenvalue weighted by Crippen LogP contribution is 2.20. The third kappa shape index (κ3) is 6.49. The first-order valence-corrected chi connectivity index (χ1v) is 6.79. The number of hydrogen-bond donors (Lipinski definition) is 2. The van der Waals surface area contributed by atoms with Crippen molar-refractivity contribution < 1.29 is 0 Å². The maximum Gasteiger partial charge on any atom is 0.0248 e. The lowest BCUT2D eigenvalue weighted by atomic mass is 9.83. The molecule has 0 aromatic heterocycles. The molecule has 0 spiro atoms. The zero-order valence-electron chi connectivity index (χ0n) is 12.1. The molecule has 0 fully saturated rings. The van der Waals surface area contributed by atoms with E-state index in [-0.39, 0.29) is 30.4 Å². The van der Waals surface area contributed by atoms with Gasteiger partial charge in [0, 0.05) is 5.54 Å². The SMILES string of the molecule is Cl.Cl.NCCC(N)(Cc1ccccc1)Cc1ccccc1. The fourth-order valence-corrected chi connectivity index (χ4v) is 2.53. The fourth-order valence-electron chi connectivity index (χ4n) is 2.53. The molecular weight excluding hydrogens is 303 g/mol. The van der Waals surface area contributed by atoms with Crippen molar-refractivity contribution in [1.29, 1.82) is 0 Å². The molecule has 0 saturated carbocycles. The summed E-state index contributed by atoms with van der Waals surface area (Å²) in [5, 5.41) is 0. The van der Waals surface area contributed by atoms with Crippen molar-refractivity contribution in [2.75, 3.05) is 6.54 Å². The van der Waals surface area contributed by atoms with E-state index in [0.29, 0.717) is 6.54 Å². The average molecular weight is 327 g/mol. The van der Waals surface area contributed by atoms with Crippen LogP contribution in [0, 0.1) is 0 Å². The summed E-state index contributed by atoms with van der Waals surface area (Å²) in [5.41, 5.74) is 14.6. The van der Waals surface area contributed by atoms with E-state index in [1.54, 1.807) is 0 Å². The number of benzene rings is 2. The highest BCUT2D eigenvalue weighted by Gasteiger charge is 2.24. The normalized spacial score (nSPS) is 10.4. The highest BCUT2D eigenvalue weighted by molar-refractivity contribution is 5.85. The van der Waals surface area contributed by atoms with Crippen molar-refractivity contribution in [1.82, 2.24) is 0 Å². The first-order valence-electron chi connectivity index (χ1n) is 6.79. The monoisotopic (exact) mass is 326 g/mol. The van der Waals surface area contributed by atoms with E-state index in [4.69, 9.17) is 11.5 Å². The van der Waals surface area contributed by atoms with Gasteiger partial charge < -0.3 is 11.5 Å². The molecule has 0 aliphatic carbocycles. The quantitative estimate of drug-likeness (QED) is 0.855. The van der Waals surface area contributed by atoms with Gasteiger partial charge in [0.15, 0.2) is 0 Å². The smallest absolute Gasteiger partial charge is 0.0248 e. The van der Waals surface area contributed by atoms with Crippen molar-refractivity contribution in [2.45, 2.75) is 24.8 Å². The van der Waals surface area contributed by atoms with Crippen molar-refractivity contribution in [3.8, 4) is 0 Å². The van der Waals surface area contributed by atoms with Gasteiger partial charge in [-0.2, -0.15) is 0 Å². The molecule has 2 nitrogen and oxygen atoms in total. The summed E-state index contributed by atoms with van der Waals surface area (Å²) in [6.07, 6.45) is 2.55. The Hall–Kier alpha value is -1.06. The van der Waals surface area contributed by atoms with Gasteiger partial charge in [0.05, 0.1) is 0 Å². The van der Waals surface area contributed by atoms with Crippen molar-refractivity contribution in [2.24, 2.45) is 11.5 Å².